The zero-order chi connectivity index (χ0) is 53.6. The number of aromatic nitrogens is 2. The van der Waals surface area contributed by atoms with Gasteiger partial charge in [0.2, 0.25) is 0 Å². The van der Waals surface area contributed by atoms with Gasteiger partial charge < -0.3 is 29.1 Å². The molecule has 0 atom stereocenters. The minimum absolute atomic E-state index is 0.113. The number of ether oxygens (including phenoxy) is 3. The zero-order valence-electron chi connectivity index (χ0n) is 42.1. The lowest BCUT2D eigenvalue weighted by molar-refractivity contribution is -0.142. The predicted octanol–water partition coefficient (Wildman–Crippen LogP) is 7.67. The third kappa shape index (κ3) is 9.56. The van der Waals surface area contributed by atoms with Gasteiger partial charge in [-0.1, -0.05) is 12.1 Å². The van der Waals surface area contributed by atoms with E-state index in [1.54, 1.807) is 80.0 Å². The van der Waals surface area contributed by atoms with Gasteiger partial charge in [0.1, 0.15) is 41.6 Å². The highest BCUT2D eigenvalue weighted by molar-refractivity contribution is 7.92. The van der Waals surface area contributed by atoms with Crippen molar-refractivity contribution in [3.8, 4) is 35.0 Å². The lowest BCUT2D eigenvalue weighted by Crippen LogP contribution is -2.50. The topological polar surface area (TPSA) is 231 Å². The Balaban J connectivity index is 0.000000184. The monoisotopic (exact) mass is 1050 g/mol. The van der Waals surface area contributed by atoms with Gasteiger partial charge in [0.15, 0.2) is 30.9 Å². The Bertz CT molecular complexity index is 3530. The molecule has 2 amide bonds. The van der Waals surface area contributed by atoms with Crippen LogP contribution in [0.5, 0.6) is 11.5 Å². The Morgan fingerprint density at radius 3 is 1.35 bits per heavy atom. The van der Waals surface area contributed by atoms with Gasteiger partial charge in [-0.05, 0) is 136 Å². The van der Waals surface area contributed by atoms with Crippen molar-refractivity contribution in [3.63, 3.8) is 0 Å². The average molecular weight is 1050 g/mol. The first kappa shape index (κ1) is 52.2. The standard InChI is InChI=1S/C29H29N3O6S.C27H27N3O5S/c1-19(2)39(35,36)24-8-5-22(6-9-24)28(34)31-14-12-29(13-15-31)27-11-7-23(17-30)32(27)25-10-4-21(16-26(25)38-29)18-37-20(3)33;1-18(2)36(33,34)22-7-4-20(5-8-22)26(32)29-13-11-27(12-14-29)25-10-6-21(16-28)30(25)23-9-3-19(17-31)15-24(23)35-27/h4-11,16,19H,12-15,18H2,1-3H3;3-10,15,18,31H,11-14,17H2,1-2H3. The molecule has 75 heavy (non-hydrogen) atoms. The van der Waals surface area contributed by atoms with Gasteiger partial charge in [-0.3, -0.25) is 23.5 Å². The fourth-order valence-corrected chi connectivity index (χ4v) is 12.3. The van der Waals surface area contributed by atoms with Crippen molar-refractivity contribution in [1.29, 1.82) is 10.5 Å². The molecule has 2 fully saturated rings. The molecule has 19 heteroatoms. The summed E-state index contributed by atoms with van der Waals surface area (Å²) in [7, 11) is -6.82. The maximum absolute atomic E-state index is 13.3. The number of fused-ring (bicyclic) bond motifs is 8. The Labute approximate surface area is 435 Å². The van der Waals surface area contributed by atoms with Gasteiger partial charge >= 0.3 is 5.97 Å². The molecular formula is C56H56N6O11S2. The van der Waals surface area contributed by atoms with Crippen molar-refractivity contribution in [2.24, 2.45) is 0 Å². The molecule has 0 bridgehead atoms. The molecule has 0 saturated carbocycles. The number of likely N-dealkylation sites (tertiary alicyclic amines) is 2. The normalized spacial score (nSPS) is 16.0. The summed E-state index contributed by atoms with van der Waals surface area (Å²) < 4.78 is 71.8. The highest BCUT2D eigenvalue weighted by Crippen LogP contribution is 2.48. The van der Waals surface area contributed by atoms with E-state index in [0.717, 1.165) is 28.3 Å². The molecule has 17 nitrogen and oxygen atoms in total. The lowest BCUT2D eigenvalue weighted by Gasteiger charge is -2.45. The quantitative estimate of drug-likeness (QED) is 0.137. The molecule has 0 radical (unpaired) electrons. The zero-order valence-corrected chi connectivity index (χ0v) is 43.8. The van der Waals surface area contributed by atoms with Crippen LogP contribution in [0.1, 0.15) is 115 Å². The fraction of sp³-hybridized carbons (Fsp3) is 0.339. The SMILES string of the molecule is CC(=O)OCc1ccc2c(c1)OC1(CCN(C(=O)c3ccc(S(=O)(=O)C(C)C)cc3)CC1)c1ccc(C#N)n1-2.CC(C)S(=O)(=O)c1ccc(C(=O)N2CCC3(CC2)Oc2cc(CO)ccc2-n2c(C#N)ccc23)cc1. The maximum Gasteiger partial charge on any atom is 0.302 e. The summed E-state index contributed by atoms with van der Waals surface area (Å²) >= 11 is 0. The van der Waals surface area contributed by atoms with E-state index < -0.39 is 41.4 Å². The second-order valence-electron chi connectivity index (χ2n) is 19.7. The van der Waals surface area contributed by atoms with E-state index in [9.17, 15) is 46.8 Å². The largest absolute Gasteiger partial charge is 0.479 e. The van der Waals surface area contributed by atoms with Gasteiger partial charge in [0.25, 0.3) is 11.8 Å². The van der Waals surface area contributed by atoms with E-state index >= 15 is 0 Å². The summed E-state index contributed by atoms with van der Waals surface area (Å²) in [6.07, 6.45) is 2.05. The van der Waals surface area contributed by atoms with Crippen LogP contribution in [0.4, 0.5) is 0 Å². The minimum Gasteiger partial charge on any atom is -0.479 e. The van der Waals surface area contributed by atoms with E-state index in [0.29, 0.717) is 91.4 Å². The van der Waals surface area contributed by atoms with Crippen molar-refractivity contribution < 1.29 is 50.5 Å². The van der Waals surface area contributed by atoms with Crippen LogP contribution in [-0.2, 0) is 53.6 Å². The van der Waals surface area contributed by atoms with Crippen LogP contribution in [0, 0.1) is 22.7 Å². The molecule has 6 aromatic rings. The second kappa shape index (κ2) is 20.2. The number of benzene rings is 4. The van der Waals surface area contributed by atoms with Crippen LogP contribution in [0.15, 0.2) is 119 Å². The molecular weight excluding hydrogens is 997 g/mol. The average Bonchev–Trinajstić information content (AvgIpc) is 4.08. The molecule has 4 aliphatic rings. The number of amides is 2. The number of aliphatic hydroxyl groups excluding tert-OH is 1. The van der Waals surface area contributed by atoms with Gasteiger partial charge in [-0.15, -0.1) is 0 Å². The first-order valence-corrected chi connectivity index (χ1v) is 27.7. The summed E-state index contributed by atoms with van der Waals surface area (Å²) in [5, 5.41) is 28.0. The lowest BCUT2D eigenvalue weighted by atomic mass is 9.86. The van der Waals surface area contributed by atoms with Crippen molar-refractivity contribution in [2.75, 3.05) is 26.2 Å². The van der Waals surface area contributed by atoms with E-state index in [1.165, 1.54) is 31.2 Å². The van der Waals surface area contributed by atoms with Gasteiger partial charge in [0.05, 0.1) is 49.7 Å². The van der Waals surface area contributed by atoms with Crippen molar-refractivity contribution in [1.82, 2.24) is 18.9 Å². The molecule has 0 unspecified atom stereocenters. The molecule has 6 heterocycles. The van der Waals surface area contributed by atoms with E-state index in [2.05, 4.69) is 12.1 Å². The Hall–Kier alpha value is -7.71. The summed E-state index contributed by atoms with van der Waals surface area (Å²) in [5.74, 6) is 0.472. The summed E-state index contributed by atoms with van der Waals surface area (Å²) in [6, 6.07) is 35.0. The van der Waals surface area contributed by atoms with Crippen LogP contribution < -0.4 is 9.47 Å². The van der Waals surface area contributed by atoms with Crippen LogP contribution >= 0.6 is 0 Å². The molecule has 4 aliphatic heterocycles. The molecule has 1 N–H and O–H groups in total. The van der Waals surface area contributed by atoms with Crippen molar-refractivity contribution >= 4 is 37.5 Å². The summed E-state index contributed by atoms with van der Waals surface area (Å²) in [6.45, 7) is 9.57. The minimum atomic E-state index is -3.42. The number of hydrogen-bond acceptors (Lipinski definition) is 13. The number of carbonyl (C=O) groups is 3. The van der Waals surface area contributed by atoms with Gasteiger partial charge in [0, 0.05) is 69.9 Å². The number of piperidine rings is 2. The van der Waals surface area contributed by atoms with Gasteiger partial charge in [-0.2, -0.15) is 10.5 Å². The van der Waals surface area contributed by atoms with E-state index in [1.807, 2.05) is 51.6 Å². The second-order valence-corrected chi connectivity index (χ2v) is 24.7. The molecule has 4 aromatic carbocycles. The third-order valence-electron chi connectivity index (χ3n) is 14.5. The fourth-order valence-electron chi connectivity index (χ4n) is 10.2. The number of nitriles is 2. The number of sulfone groups is 2. The molecule has 0 aliphatic carbocycles. The number of aliphatic hydroxyl groups is 1. The van der Waals surface area contributed by atoms with Crippen LogP contribution in [-0.4, -0.2) is 95.3 Å². The number of carbonyl (C=O) groups excluding carboxylic acids is 3. The maximum atomic E-state index is 13.3. The van der Waals surface area contributed by atoms with E-state index in [4.69, 9.17) is 14.2 Å². The Morgan fingerprint density at radius 2 is 0.987 bits per heavy atom. The number of hydrogen-bond donors (Lipinski definition) is 1. The van der Waals surface area contributed by atoms with Crippen LogP contribution in [0.2, 0.25) is 0 Å². The van der Waals surface area contributed by atoms with Crippen LogP contribution in [0.25, 0.3) is 11.4 Å². The first-order chi connectivity index (χ1) is 35.7. The summed E-state index contributed by atoms with van der Waals surface area (Å²) in [4.78, 5) is 41.7. The Morgan fingerprint density at radius 1 is 0.600 bits per heavy atom. The highest BCUT2D eigenvalue weighted by atomic mass is 32.2. The third-order valence-corrected chi connectivity index (χ3v) is 18.8. The molecule has 388 valence electrons. The molecule has 10 rings (SSSR count). The number of nitrogens with zero attached hydrogens (tertiary/aromatic N) is 6. The number of rotatable bonds is 9. The van der Waals surface area contributed by atoms with Gasteiger partial charge in [-0.25, -0.2) is 16.8 Å². The molecule has 2 aromatic heterocycles. The summed E-state index contributed by atoms with van der Waals surface area (Å²) in [5.41, 5.74) is 5.10. The smallest absolute Gasteiger partial charge is 0.302 e. The van der Waals surface area contributed by atoms with Crippen LogP contribution in [0.3, 0.4) is 0 Å². The van der Waals surface area contributed by atoms with Crippen molar-refractivity contribution in [3.05, 3.63) is 154 Å². The van der Waals surface area contributed by atoms with Crippen molar-refractivity contribution in [2.45, 2.75) is 105 Å². The Kier molecular flexibility index (Phi) is 14.0. The number of esters is 1. The predicted molar refractivity (Wildman–Crippen MR) is 275 cm³/mol. The van der Waals surface area contributed by atoms with E-state index in [-0.39, 0.29) is 40.8 Å². The molecule has 2 spiro atoms. The highest BCUT2D eigenvalue weighted by Gasteiger charge is 2.47. The first-order valence-electron chi connectivity index (χ1n) is 24.7. The molecule has 2 saturated heterocycles.